The lowest BCUT2D eigenvalue weighted by atomic mass is 9.91. The largest absolute Gasteiger partial charge is 0.492 e. The van der Waals surface area contributed by atoms with Gasteiger partial charge in [0.15, 0.2) is 5.72 Å². The number of nitro benzene ring substituents is 1. The van der Waals surface area contributed by atoms with Gasteiger partial charge in [-0.05, 0) is 37.7 Å². The van der Waals surface area contributed by atoms with Crippen LogP contribution in [0.5, 0.6) is 5.75 Å². The van der Waals surface area contributed by atoms with Crippen molar-refractivity contribution in [2.45, 2.75) is 44.0 Å². The molecule has 238 valence electrons. The Bertz CT molecular complexity index is 2310. The molecule has 1 saturated heterocycles. The lowest BCUT2D eigenvalue weighted by Gasteiger charge is -2.50. The first-order valence-electron chi connectivity index (χ1n) is 15.9. The van der Waals surface area contributed by atoms with Gasteiger partial charge in [0, 0.05) is 60.3 Å². The number of nitrogens with one attached hydrogen (secondary N) is 1. The van der Waals surface area contributed by atoms with Crippen LogP contribution in [0.15, 0.2) is 72.8 Å². The number of aromatic nitrogens is 2. The number of hydrogen-bond donors (Lipinski definition) is 1. The fourth-order valence-electron chi connectivity index (χ4n) is 8.60. The van der Waals surface area contributed by atoms with E-state index in [1.165, 1.54) is 12.1 Å². The highest BCUT2D eigenvalue weighted by molar-refractivity contribution is 6.31. The van der Waals surface area contributed by atoms with Crippen LogP contribution in [0.1, 0.15) is 35.5 Å². The van der Waals surface area contributed by atoms with Crippen LogP contribution in [-0.4, -0.2) is 64.3 Å². The van der Waals surface area contributed by atoms with E-state index in [1.807, 2.05) is 24.3 Å². The fraction of sp³-hybridized carbons (Fsp3) is 0.306. The molecule has 3 aliphatic heterocycles. The molecule has 2 bridgehead atoms. The van der Waals surface area contributed by atoms with Gasteiger partial charge < -0.3 is 28.7 Å². The number of benzene rings is 4. The molecular weight excluding hydrogens is 598 g/mol. The zero-order chi connectivity index (χ0) is 32.2. The smallest absolute Gasteiger partial charge is 0.273 e. The summed E-state index contributed by atoms with van der Waals surface area (Å²) in [5, 5.41) is 18.6. The van der Waals surface area contributed by atoms with E-state index in [-0.39, 0.29) is 30.0 Å². The molecule has 0 saturated carbocycles. The summed E-state index contributed by atoms with van der Waals surface area (Å²) in [5.74, 6) is 0.413. The molecular formula is C36H33N5O6. The van der Waals surface area contributed by atoms with Crippen molar-refractivity contribution in [3.8, 4) is 5.75 Å². The van der Waals surface area contributed by atoms with Crippen LogP contribution in [0.2, 0.25) is 0 Å². The Labute approximate surface area is 269 Å². The molecule has 9 rings (SSSR count). The first-order chi connectivity index (χ1) is 22.8. The number of ether oxygens (including phenoxy) is 3. The van der Waals surface area contributed by atoms with Crippen molar-refractivity contribution >= 4 is 55.2 Å². The molecule has 0 radical (unpaired) electrons. The predicted octanol–water partition coefficient (Wildman–Crippen LogP) is 6.05. The highest BCUT2D eigenvalue weighted by Gasteiger charge is 2.54. The Hall–Kier alpha value is -4.97. The Kier molecular flexibility index (Phi) is 6.02. The Balaban J connectivity index is 1.23. The summed E-state index contributed by atoms with van der Waals surface area (Å²) in [7, 11) is 3.80. The first kappa shape index (κ1) is 28.3. The van der Waals surface area contributed by atoms with Crippen molar-refractivity contribution < 1.29 is 23.9 Å². The van der Waals surface area contributed by atoms with Crippen molar-refractivity contribution in [3.63, 3.8) is 0 Å². The Morgan fingerprint density at radius 3 is 2.55 bits per heavy atom. The zero-order valence-corrected chi connectivity index (χ0v) is 26.2. The van der Waals surface area contributed by atoms with Gasteiger partial charge in [0.25, 0.3) is 11.6 Å². The number of likely N-dealkylation sites (N-methyl/N-ethyl adjacent to an activating group) is 1. The monoisotopic (exact) mass is 631 g/mol. The topological polar surface area (TPSA) is 113 Å². The number of amides is 1. The van der Waals surface area contributed by atoms with Gasteiger partial charge in [-0.1, -0.05) is 42.5 Å². The molecule has 6 aromatic rings. The third-order valence-electron chi connectivity index (χ3n) is 10.5. The second-order valence-corrected chi connectivity index (χ2v) is 12.9. The second-order valence-electron chi connectivity index (χ2n) is 12.9. The Morgan fingerprint density at radius 2 is 1.79 bits per heavy atom. The molecule has 2 aromatic heterocycles. The fourth-order valence-corrected chi connectivity index (χ4v) is 8.60. The first-order valence-corrected chi connectivity index (χ1v) is 15.9. The van der Waals surface area contributed by atoms with Gasteiger partial charge in [-0.3, -0.25) is 19.8 Å². The molecule has 11 nitrogen and oxygen atoms in total. The average molecular weight is 632 g/mol. The minimum absolute atomic E-state index is 0.00437. The van der Waals surface area contributed by atoms with E-state index in [4.69, 9.17) is 14.2 Å². The molecule has 11 heteroatoms. The number of carbonyl (C=O) groups is 1. The summed E-state index contributed by atoms with van der Waals surface area (Å²) in [6.45, 7) is 3.49. The quantitative estimate of drug-likeness (QED) is 0.169. The molecule has 3 aliphatic rings. The van der Waals surface area contributed by atoms with Gasteiger partial charge in [0.1, 0.15) is 24.7 Å². The number of rotatable bonds is 7. The minimum atomic E-state index is -0.920. The summed E-state index contributed by atoms with van der Waals surface area (Å²) in [5.41, 5.74) is 4.96. The van der Waals surface area contributed by atoms with Gasteiger partial charge in [-0.2, -0.15) is 0 Å². The summed E-state index contributed by atoms with van der Waals surface area (Å²) < 4.78 is 24.3. The van der Waals surface area contributed by atoms with Gasteiger partial charge in [0.05, 0.1) is 38.6 Å². The molecule has 4 aromatic carbocycles. The van der Waals surface area contributed by atoms with Gasteiger partial charge in [0.2, 0.25) is 0 Å². The molecule has 47 heavy (non-hydrogen) atoms. The third kappa shape index (κ3) is 3.75. The number of nitro groups is 1. The van der Waals surface area contributed by atoms with E-state index in [9.17, 15) is 14.9 Å². The van der Waals surface area contributed by atoms with E-state index in [0.717, 1.165) is 54.7 Å². The molecule has 1 N–H and O–H groups in total. The lowest BCUT2D eigenvalue weighted by Crippen LogP contribution is -2.60. The Morgan fingerprint density at radius 1 is 1.04 bits per heavy atom. The predicted molar refractivity (Wildman–Crippen MR) is 178 cm³/mol. The summed E-state index contributed by atoms with van der Waals surface area (Å²) >= 11 is 0. The highest BCUT2D eigenvalue weighted by Crippen LogP contribution is 2.54. The number of hydrogen-bond acceptors (Lipinski definition) is 7. The number of para-hydroxylation sites is 2. The number of non-ortho nitro benzene ring substituents is 1. The van der Waals surface area contributed by atoms with E-state index >= 15 is 0 Å². The van der Waals surface area contributed by atoms with Crippen LogP contribution in [0.3, 0.4) is 0 Å². The van der Waals surface area contributed by atoms with Crippen LogP contribution in [-0.2, 0) is 21.7 Å². The van der Waals surface area contributed by atoms with Gasteiger partial charge in [-0.15, -0.1) is 0 Å². The van der Waals surface area contributed by atoms with Crippen molar-refractivity contribution in [1.82, 2.24) is 19.4 Å². The second kappa shape index (κ2) is 10.0. The molecule has 4 atom stereocenters. The standard InChI is InChI=1S/C36H33N5O6/c1-36-34(45-3)27(38(2)15-16-46-21-10-8-9-20(17-21)41(43)44)18-28(47-36)39-25-13-6-4-11-22(25)30-31-24(19-37-35(31)42)29-23-12-5-7-14-26(23)40(36)33(29)32(30)39/h4-14,17,27-28,34H,15-16,18-19H2,1-3H3,(H,37,42). The van der Waals surface area contributed by atoms with Crippen LogP contribution in [0.25, 0.3) is 43.6 Å². The number of carbonyl (C=O) groups excluding carboxylic acids is 1. The minimum Gasteiger partial charge on any atom is -0.492 e. The molecule has 4 unspecified atom stereocenters. The molecule has 0 spiro atoms. The summed E-state index contributed by atoms with van der Waals surface area (Å²) in [6.07, 6.45) is -0.106. The van der Waals surface area contributed by atoms with Crippen LogP contribution >= 0.6 is 0 Å². The van der Waals surface area contributed by atoms with Crippen LogP contribution < -0.4 is 10.1 Å². The van der Waals surface area contributed by atoms with E-state index < -0.39 is 10.6 Å². The molecule has 0 aliphatic carbocycles. The van der Waals surface area contributed by atoms with Gasteiger partial charge in [-0.25, -0.2) is 0 Å². The third-order valence-corrected chi connectivity index (χ3v) is 10.5. The van der Waals surface area contributed by atoms with Crippen molar-refractivity contribution in [2.24, 2.45) is 0 Å². The maximum Gasteiger partial charge on any atom is 0.273 e. The number of fused-ring (bicyclic) bond motifs is 13. The van der Waals surface area contributed by atoms with E-state index in [0.29, 0.717) is 31.9 Å². The zero-order valence-electron chi connectivity index (χ0n) is 26.2. The highest BCUT2D eigenvalue weighted by atomic mass is 16.6. The molecule has 1 amide bonds. The SMILES string of the molecule is COC1C(N(C)CCOc2cccc([N+](=O)[O-])c2)CC2OC1(C)n1c3ccccc3c3c4c(c5c6ccccc6n2c5c31)C(=O)NC4. The van der Waals surface area contributed by atoms with E-state index in [1.54, 1.807) is 19.2 Å². The maximum absolute atomic E-state index is 13.6. The molecule has 5 heterocycles. The average Bonchev–Trinajstić information content (AvgIpc) is 3.72. The van der Waals surface area contributed by atoms with Crippen LogP contribution in [0, 0.1) is 10.1 Å². The molecule has 1 fully saturated rings. The van der Waals surface area contributed by atoms with E-state index in [2.05, 4.69) is 57.6 Å². The summed E-state index contributed by atoms with van der Waals surface area (Å²) in [6, 6.07) is 22.8. The van der Waals surface area contributed by atoms with Crippen molar-refractivity contribution in [3.05, 3.63) is 94.0 Å². The maximum atomic E-state index is 13.6. The number of nitrogens with zero attached hydrogens (tertiary/aromatic N) is 4. The number of methoxy groups -OCH3 is 1. The normalized spacial score (nSPS) is 23.2. The summed E-state index contributed by atoms with van der Waals surface area (Å²) in [4.78, 5) is 26.7. The van der Waals surface area contributed by atoms with Gasteiger partial charge >= 0.3 is 0 Å². The lowest BCUT2D eigenvalue weighted by molar-refractivity contribution is -0.384. The van der Waals surface area contributed by atoms with Crippen LogP contribution in [0.4, 0.5) is 5.69 Å². The van der Waals surface area contributed by atoms with Crippen molar-refractivity contribution in [1.29, 1.82) is 0 Å². The van der Waals surface area contributed by atoms with Crippen molar-refractivity contribution in [2.75, 3.05) is 27.3 Å².